The molecule has 1 aromatic carbocycles. The molecule has 120 valence electrons. The number of nitrogens with zero attached hydrogens (tertiary/aromatic N) is 4. The van der Waals surface area contributed by atoms with E-state index in [-0.39, 0.29) is 5.82 Å². The van der Waals surface area contributed by atoms with Crippen molar-refractivity contribution in [1.82, 2.24) is 20.2 Å². The Balaban J connectivity index is 1.73. The Morgan fingerprint density at radius 2 is 1.74 bits per heavy atom. The Kier molecular flexibility index (Phi) is 4.20. The van der Waals surface area contributed by atoms with Gasteiger partial charge in [0.25, 0.3) is 0 Å². The summed E-state index contributed by atoms with van der Waals surface area (Å²) in [6.45, 7) is 4.93. The van der Waals surface area contributed by atoms with Gasteiger partial charge in [0, 0.05) is 18.7 Å². The third-order valence-electron chi connectivity index (χ3n) is 3.57. The van der Waals surface area contributed by atoms with Gasteiger partial charge in [-0.05, 0) is 45.2 Å². The number of rotatable bonds is 5. The molecule has 0 saturated heterocycles. The quantitative estimate of drug-likeness (QED) is 0.720. The van der Waals surface area contributed by atoms with Crippen LogP contribution in [0.2, 0.25) is 0 Å². The third kappa shape index (κ3) is 3.45. The molecule has 0 radical (unpaired) electrons. The minimum atomic E-state index is -0.284. The molecule has 0 spiro atoms. The third-order valence-corrected chi connectivity index (χ3v) is 3.57. The summed E-state index contributed by atoms with van der Waals surface area (Å²) >= 11 is 0. The number of hydrogen-bond acceptors (Lipinski definition) is 6. The molecule has 0 aliphatic carbocycles. The number of aromatic nitrogens is 3. The second kappa shape index (κ2) is 6.29. The average Bonchev–Trinajstić information content (AvgIpc) is 3.07. The van der Waals surface area contributed by atoms with E-state index in [9.17, 15) is 4.39 Å². The zero-order valence-corrected chi connectivity index (χ0v) is 13.2. The van der Waals surface area contributed by atoms with Gasteiger partial charge in [-0.1, -0.05) is 10.3 Å². The van der Waals surface area contributed by atoms with Gasteiger partial charge in [-0.2, -0.15) is 0 Å². The van der Waals surface area contributed by atoms with Crippen LogP contribution in [0.25, 0.3) is 11.5 Å². The van der Waals surface area contributed by atoms with E-state index in [0.29, 0.717) is 19.0 Å². The number of aryl methyl sites for hydroxylation is 2. The van der Waals surface area contributed by atoms with Crippen molar-refractivity contribution in [2.45, 2.75) is 26.9 Å². The predicted octanol–water partition coefficient (Wildman–Crippen LogP) is 3.11. The normalized spacial score (nSPS) is 11.3. The summed E-state index contributed by atoms with van der Waals surface area (Å²) in [4.78, 5) is 6.56. The molecule has 0 N–H and O–H groups in total. The molecule has 0 amide bonds. The van der Waals surface area contributed by atoms with Crippen LogP contribution in [0.3, 0.4) is 0 Å². The zero-order valence-electron chi connectivity index (χ0n) is 13.2. The number of halogens is 1. The minimum Gasteiger partial charge on any atom is -0.441 e. The molecule has 2 heterocycles. The maximum absolute atomic E-state index is 13.0. The average molecular weight is 316 g/mol. The van der Waals surface area contributed by atoms with E-state index in [1.807, 2.05) is 25.8 Å². The van der Waals surface area contributed by atoms with E-state index in [1.165, 1.54) is 12.1 Å². The van der Waals surface area contributed by atoms with Crippen molar-refractivity contribution in [3.63, 3.8) is 0 Å². The van der Waals surface area contributed by atoms with Crippen LogP contribution in [0, 0.1) is 19.7 Å². The van der Waals surface area contributed by atoms with Gasteiger partial charge in [0.15, 0.2) is 0 Å². The number of oxazole rings is 1. The van der Waals surface area contributed by atoms with E-state index in [1.54, 1.807) is 12.1 Å². The summed E-state index contributed by atoms with van der Waals surface area (Å²) < 4.78 is 23.4. The lowest BCUT2D eigenvalue weighted by Gasteiger charge is -2.13. The summed E-state index contributed by atoms with van der Waals surface area (Å²) in [5, 5.41) is 7.64. The first kappa shape index (κ1) is 15.4. The maximum Gasteiger partial charge on any atom is 0.226 e. The van der Waals surface area contributed by atoms with Crippen LogP contribution in [-0.2, 0) is 13.1 Å². The van der Waals surface area contributed by atoms with Crippen molar-refractivity contribution in [2.24, 2.45) is 0 Å². The monoisotopic (exact) mass is 316 g/mol. The van der Waals surface area contributed by atoms with Crippen molar-refractivity contribution < 1.29 is 13.4 Å². The van der Waals surface area contributed by atoms with Crippen molar-refractivity contribution in [3.8, 4) is 11.5 Å². The van der Waals surface area contributed by atoms with Gasteiger partial charge < -0.3 is 4.42 Å². The molecule has 0 bridgehead atoms. The van der Waals surface area contributed by atoms with Gasteiger partial charge in [0.1, 0.15) is 23.0 Å². The highest BCUT2D eigenvalue weighted by molar-refractivity contribution is 5.53. The highest BCUT2D eigenvalue weighted by Crippen LogP contribution is 2.23. The summed E-state index contributed by atoms with van der Waals surface area (Å²) in [5.74, 6) is 0.949. The largest absolute Gasteiger partial charge is 0.441 e. The molecule has 0 unspecified atom stereocenters. The molecule has 3 aromatic rings. The Labute approximate surface area is 132 Å². The van der Waals surface area contributed by atoms with Gasteiger partial charge >= 0.3 is 0 Å². The minimum absolute atomic E-state index is 0.284. The van der Waals surface area contributed by atoms with Gasteiger partial charge in [-0.3, -0.25) is 4.90 Å². The Morgan fingerprint density at radius 3 is 2.39 bits per heavy atom. The first-order valence-corrected chi connectivity index (χ1v) is 7.21. The van der Waals surface area contributed by atoms with Crippen LogP contribution < -0.4 is 0 Å². The standard InChI is InChI=1S/C16H17FN4O2/c1-10-14(20-23-19-10)8-21(3)9-15-11(2)22-16(18-15)12-4-6-13(17)7-5-12/h4-7H,8-9H2,1-3H3. The van der Waals surface area contributed by atoms with Crippen molar-refractivity contribution in [1.29, 1.82) is 0 Å². The molecule has 2 aromatic heterocycles. The second-order valence-corrected chi connectivity index (χ2v) is 5.50. The topological polar surface area (TPSA) is 68.2 Å². The Hall–Kier alpha value is -2.54. The fourth-order valence-electron chi connectivity index (χ4n) is 2.25. The predicted molar refractivity (Wildman–Crippen MR) is 80.8 cm³/mol. The van der Waals surface area contributed by atoms with Crippen LogP contribution >= 0.6 is 0 Å². The molecule has 3 rings (SSSR count). The summed E-state index contributed by atoms with van der Waals surface area (Å²) in [5.41, 5.74) is 3.16. The first-order chi connectivity index (χ1) is 11.0. The smallest absolute Gasteiger partial charge is 0.226 e. The second-order valence-electron chi connectivity index (χ2n) is 5.50. The van der Waals surface area contributed by atoms with Crippen molar-refractivity contribution in [3.05, 3.63) is 52.9 Å². The van der Waals surface area contributed by atoms with Gasteiger partial charge in [-0.25, -0.2) is 14.0 Å². The van der Waals surface area contributed by atoms with Crippen molar-refractivity contribution in [2.75, 3.05) is 7.05 Å². The maximum atomic E-state index is 13.0. The van der Waals surface area contributed by atoms with E-state index in [2.05, 4.69) is 15.3 Å². The van der Waals surface area contributed by atoms with E-state index in [4.69, 9.17) is 9.05 Å². The Bertz CT molecular complexity index is 795. The van der Waals surface area contributed by atoms with E-state index >= 15 is 0 Å². The van der Waals surface area contributed by atoms with Gasteiger partial charge in [0.05, 0.1) is 5.69 Å². The summed E-state index contributed by atoms with van der Waals surface area (Å²) in [6, 6.07) is 6.08. The summed E-state index contributed by atoms with van der Waals surface area (Å²) in [6.07, 6.45) is 0. The molecule has 0 atom stereocenters. The molecule has 7 heteroatoms. The van der Waals surface area contributed by atoms with E-state index < -0.39 is 0 Å². The lowest BCUT2D eigenvalue weighted by molar-refractivity contribution is 0.277. The van der Waals surface area contributed by atoms with Gasteiger partial charge in [-0.15, -0.1) is 0 Å². The van der Waals surface area contributed by atoms with Crippen LogP contribution in [0.4, 0.5) is 4.39 Å². The lowest BCUT2D eigenvalue weighted by atomic mass is 10.2. The van der Waals surface area contributed by atoms with Crippen LogP contribution in [0.1, 0.15) is 22.8 Å². The molecule has 0 aliphatic heterocycles. The van der Waals surface area contributed by atoms with E-state index in [0.717, 1.165) is 28.4 Å². The molecule has 23 heavy (non-hydrogen) atoms. The highest BCUT2D eigenvalue weighted by Gasteiger charge is 2.15. The zero-order chi connectivity index (χ0) is 16.4. The molecule has 6 nitrogen and oxygen atoms in total. The fraction of sp³-hybridized carbons (Fsp3) is 0.312. The number of hydrogen-bond donors (Lipinski definition) is 0. The van der Waals surface area contributed by atoms with Crippen LogP contribution in [0.15, 0.2) is 33.3 Å². The number of benzene rings is 1. The molecule has 0 fully saturated rings. The van der Waals surface area contributed by atoms with Crippen LogP contribution in [0.5, 0.6) is 0 Å². The molecule has 0 saturated carbocycles. The van der Waals surface area contributed by atoms with Gasteiger partial charge in [0.2, 0.25) is 5.89 Å². The Morgan fingerprint density at radius 1 is 1.04 bits per heavy atom. The highest BCUT2D eigenvalue weighted by atomic mass is 19.1. The molecular formula is C16H17FN4O2. The summed E-state index contributed by atoms with van der Waals surface area (Å²) in [7, 11) is 1.96. The lowest BCUT2D eigenvalue weighted by Crippen LogP contribution is -2.18. The fourth-order valence-corrected chi connectivity index (χ4v) is 2.25. The van der Waals surface area contributed by atoms with Crippen LogP contribution in [-0.4, -0.2) is 27.2 Å². The molecular weight excluding hydrogens is 299 g/mol. The van der Waals surface area contributed by atoms with Crippen molar-refractivity contribution >= 4 is 0 Å². The SMILES string of the molecule is Cc1nonc1CN(C)Cc1nc(-c2ccc(F)cc2)oc1C. The molecule has 0 aliphatic rings. The first-order valence-electron chi connectivity index (χ1n) is 7.21.